The van der Waals surface area contributed by atoms with Crippen molar-refractivity contribution in [2.75, 3.05) is 5.75 Å². The van der Waals surface area contributed by atoms with Gasteiger partial charge in [0.15, 0.2) is 0 Å². The van der Waals surface area contributed by atoms with E-state index in [2.05, 4.69) is 31.2 Å². The van der Waals surface area contributed by atoms with Crippen molar-refractivity contribution in [2.45, 2.75) is 24.2 Å². The first kappa shape index (κ1) is 7.93. The van der Waals surface area contributed by atoms with Gasteiger partial charge in [0.05, 0.1) is 0 Å². The van der Waals surface area contributed by atoms with Gasteiger partial charge in [-0.15, -0.1) is 11.8 Å². The highest BCUT2D eigenvalue weighted by Crippen LogP contribution is 2.54. The fourth-order valence-corrected chi connectivity index (χ4v) is 3.80. The van der Waals surface area contributed by atoms with E-state index in [1.165, 1.54) is 17.1 Å². The SMILES string of the molecule is CC1CC1C1CSc2ccccc21. The second kappa shape index (κ2) is 2.78. The minimum absolute atomic E-state index is 0.871. The van der Waals surface area contributed by atoms with E-state index in [0.29, 0.717) is 0 Å². The third-order valence-electron chi connectivity index (χ3n) is 3.43. The lowest BCUT2D eigenvalue weighted by atomic mass is 9.95. The normalized spacial score (nSPS) is 35.9. The van der Waals surface area contributed by atoms with Gasteiger partial charge in [0.1, 0.15) is 0 Å². The first-order valence-electron chi connectivity index (χ1n) is 5.08. The van der Waals surface area contributed by atoms with Crippen LogP contribution in [-0.4, -0.2) is 5.75 Å². The first-order chi connectivity index (χ1) is 6.36. The van der Waals surface area contributed by atoms with Crippen LogP contribution < -0.4 is 0 Å². The lowest BCUT2D eigenvalue weighted by molar-refractivity contribution is 0.628. The number of benzene rings is 1. The van der Waals surface area contributed by atoms with Gasteiger partial charge < -0.3 is 0 Å². The lowest BCUT2D eigenvalue weighted by Gasteiger charge is -2.08. The molecular weight excluding hydrogens is 176 g/mol. The van der Waals surface area contributed by atoms with Gasteiger partial charge in [-0.25, -0.2) is 0 Å². The first-order valence-corrected chi connectivity index (χ1v) is 6.06. The highest BCUT2D eigenvalue weighted by Gasteiger charge is 2.42. The standard InChI is InChI=1S/C12H14S/c1-8-6-10(8)11-7-13-12-5-3-2-4-9(11)12/h2-5,8,10-11H,6-7H2,1H3. The van der Waals surface area contributed by atoms with E-state index in [1.54, 1.807) is 5.56 Å². The van der Waals surface area contributed by atoms with Crippen LogP contribution in [-0.2, 0) is 0 Å². The van der Waals surface area contributed by atoms with Crippen LogP contribution in [0.1, 0.15) is 24.8 Å². The Morgan fingerprint density at radius 1 is 1.31 bits per heavy atom. The van der Waals surface area contributed by atoms with Crippen LogP contribution in [0.5, 0.6) is 0 Å². The van der Waals surface area contributed by atoms with E-state index in [-0.39, 0.29) is 0 Å². The summed E-state index contributed by atoms with van der Waals surface area (Å²) >= 11 is 2.05. The zero-order valence-corrected chi connectivity index (χ0v) is 8.68. The molecule has 0 nitrogen and oxygen atoms in total. The maximum atomic E-state index is 2.39. The molecule has 0 radical (unpaired) electrons. The van der Waals surface area contributed by atoms with Gasteiger partial charge in [-0.05, 0) is 35.8 Å². The van der Waals surface area contributed by atoms with Gasteiger partial charge in [0.2, 0.25) is 0 Å². The Labute approximate surface area is 83.7 Å². The van der Waals surface area contributed by atoms with Crippen molar-refractivity contribution in [1.29, 1.82) is 0 Å². The molecule has 1 aliphatic heterocycles. The summed E-state index contributed by atoms with van der Waals surface area (Å²) < 4.78 is 0. The summed E-state index contributed by atoms with van der Waals surface area (Å²) in [5, 5.41) is 0. The van der Waals surface area contributed by atoms with E-state index in [0.717, 1.165) is 17.8 Å². The average molecular weight is 190 g/mol. The molecule has 1 aromatic rings. The summed E-state index contributed by atoms with van der Waals surface area (Å²) in [7, 11) is 0. The molecule has 13 heavy (non-hydrogen) atoms. The average Bonchev–Trinajstić information content (AvgIpc) is 2.74. The van der Waals surface area contributed by atoms with E-state index >= 15 is 0 Å². The van der Waals surface area contributed by atoms with Crippen LogP contribution in [0.4, 0.5) is 0 Å². The van der Waals surface area contributed by atoms with Gasteiger partial charge in [-0.2, -0.15) is 0 Å². The molecule has 0 N–H and O–H groups in total. The largest absolute Gasteiger partial charge is 0.125 e. The molecule has 3 atom stereocenters. The van der Waals surface area contributed by atoms with Gasteiger partial charge in [0, 0.05) is 10.6 Å². The number of thioether (sulfide) groups is 1. The number of hydrogen-bond acceptors (Lipinski definition) is 1. The highest BCUT2D eigenvalue weighted by molar-refractivity contribution is 7.99. The van der Waals surface area contributed by atoms with Crippen molar-refractivity contribution in [3.8, 4) is 0 Å². The van der Waals surface area contributed by atoms with E-state index < -0.39 is 0 Å². The molecule has 0 amide bonds. The summed E-state index contributed by atoms with van der Waals surface area (Å²) in [5.41, 5.74) is 1.63. The van der Waals surface area contributed by atoms with E-state index in [9.17, 15) is 0 Å². The minimum atomic E-state index is 0.871. The molecule has 3 rings (SSSR count). The smallest absolute Gasteiger partial charge is 0.0107 e. The predicted octanol–water partition coefficient (Wildman–Crippen LogP) is 3.53. The molecule has 1 heterocycles. The Hall–Kier alpha value is -0.430. The lowest BCUT2D eigenvalue weighted by Crippen LogP contribution is -2.00. The summed E-state index contributed by atoms with van der Waals surface area (Å²) in [6.45, 7) is 2.39. The second-order valence-corrected chi connectivity index (χ2v) is 5.39. The van der Waals surface area contributed by atoms with Crippen molar-refractivity contribution in [1.82, 2.24) is 0 Å². The molecular formula is C12H14S. The molecule has 0 bridgehead atoms. The molecule has 1 heteroatoms. The van der Waals surface area contributed by atoms with Crippen LogP contribution in [0.2, 0.25) is 0 Å². The highest BCUT2D eigenvalue weighted by atomic mass is 32.2. The van der Waals surface area contributed by atoms with Gasteiger partial charge in [-0.3, -0.25) is 0 Å². The summed E-state index contributed by atoms with van der Waals surface area (Å²) in [6, 6.07) is 8.94. The molecule has 2 aliphatic rings. The fraction of sp³-hybridized carbons (Fsp3) is 0.500. The summed E-state index contributed by atoms with van der Waals surface area (Å²) in [5.74, 6) is 4.18. The predicted molar refractivity (Wildman–Crippen MR) is 57.2 cm³/mol. The van der Waals surface area contributed by atoms with Gasteiger partial charge >= 0.3 is 0 Å². The van der Waals surface area contributed by atoms with E-state index in [4.69, 9.17) is 0 Å². The summed E-state index contributed by atoms with van der Waals surface area (Å²) in [6.07, 6.45) is 1.46. The van der Waals surface area contributed by atoms with Crippen molar-refractivity contribution >= 4 is 11.8 Å². The maximum Gasteiger partial charge on any atom is 0.0107 e. The van der Waals surface area contributed by atoms with Crippen LogP contribution >= 0.6 is 11.8 Å². The topological polar surface area (TPSA) is 0 Å². The minimum Gasteiger partial charge on any atom is -0.125 e. The zero-order chi connectivity index (χ0) is 8.84. The molecule has 0 aromatic heterocycles. The van der Waals surface area contributed by atoms with Crippen LogP contribution in [0, 0.1) is 11.8 Å². The van der Waals surface area contributed by atoms with Gasteiger partial charge in [0.25, 0.3) is 0 Å². The molecule has 1 aliphatic carbocycles. The Morgan fingerprint density at radius 2 is 2.08 bits per heavy atom. The molecule has 0 spiro atoms. The Kier molecular flexibility index (Phi) is 1.69. The Bertz CT molecular complexity index is 332. The molecule has 68 valence electrons. The molecule has 0 saturated heterocycles. The molecule has 1 aromatic carbocycles. The molecule has 3 unspecified atom stereocenters. The van der Waals surface area contributed by atoms with Crippen molar-refractivity contribution < 1.29 is 0 Å². The number of fused-ring (bicyclic) bond motifs is 1. The van der Waals surface area contributed by atoms with E-state index in [1.807, 2.05) is 11.8 Å². The molecule has 1 fully saturated rings. The fourth-order valence-electron chi connectivity index (χ4n) is 2.45. The van der Waals surface area contributed by atoms with Crippen molar-refractivity contribution in [3.05, 3.63) is 29.8 Å². The number of rotatable bonds is 1. The number of hydrogen-bond donors (Lipinski definition) is 0. The quantitative estimate of drug-likeness (QED) is 0.653. The van der Waals surface area contributed by atoms with Crippen LogP contribution in [0.25, 0.3) is 0 Å². The monoisotopic (exact) mass is 190 g/mol. The van der Waals surface area contributed by atoms with Crippen molar-refractivity contribution in [3.63, 3.8) is 0 Å². The second-order valence-electron chi connectivity index (χ2n) is 4.33. The Balaban J connectivity index is 1.94. The molecule has 1 saturated carbocycles. The van der Waals surface area contributed by atoms with Gasteiger partial charge in [-0.1, -0.05) is 25.1 Å². The van der Waals surface area contributed by atoms with Crippen molar-refractivity contribution in [2.24, 2.45) is 11.8 Å². The van der Waals surface area contributed by atoms with Crippen LogP contribution in [0.3, 0.4) is 0 Å². The summed E-state index contributed by atoms with van der Waals surface area (Å²) in [4.78, 5) is 1.53. The maximum absolute atomic E-state index is 2.39. The Morgan fingerprint density at radius 3 is 2.85 bits per heavy atom. The zero-order valence-electron chi connectivity index (χ0n) is 7.86. The van der Waals surface area contributed by atoms with Crippen LogP contribution in [0.15, 0.2) is 29.2 Å². The third-order valence-corrected chi connectivity index (χ3v) is 4.63. The third kappa shape index (κ3) is 1.21.